The number of halogens is 1. The molecule has 1 atom stereocenters. The highest BCUT2D eigenvalue weighted by Gasteiger charge is 2.46. The Morgan fingerprint density at radius 2 is 1.97 bits per heavy atom. The van der Waals surface area contributed by atoms with Gasteiger partial charge in [0.25, 0.3) is 5.91 Å². The summed E-state index contributed by atoms with van der Waals surface area (Å²) < 4.78 is 12.2. The Kier molecular flexibility index (Phi) is 5.70. The van der Waals surface area contributed by atoms with E-state index in [0.717, 1.165) is 10.1 Å². The van der Waals surface area contributed by atoms with E-state index in [1.165, 1.54) is 16.2 Å². The second-order valence-corrected chi connectivity index (χ2v) is 9.88. The minimum absolute atomic E-state index is 0.0232. The summed E-state index contributed by atoms with van der Waals surface area (Å²) in [6.07, 6.45) is 0. The Hall–Kier alpha value is -4.14. The zero-order chi connectivity index (χ0) is 25.7. The van der Waals surface area contributed by atoms with Gasteiger partial charge in [-0.3, -0.25) is 14.5 Å². The number of hydrogen-bond donors (Lipinski definition) is 1. The number of ether oxygens (including phenoxy) is 1. The highest BCUT2D eigenvalue weighted by molar-refractivity contribution is 7.22. The fraction of sp³-hybridized carbons (Fsp3) is 0.107. The molecular formula is C28H19ClN2O5S. The van der Waals surface area contributed by atoms with Crippen LogP contribution in [0.5, 0.6) is 5.75 Å². The molecule has 0 spiro atoms. The summed E-state index contributed by atoms with van der Waals surface area (Å²) in [5.41, 5.74) is 1.65. The zero-order valence-electron chi connectivity index (χ0n) is 19.5. The number of carbonyl (C=O) groups is 2. The molecule has 9 heteroatoms. The molecule has 0 saturated carbocycles. The van der Waals surface area contributed by atoms with Crippen LogP contribution in [0.2, 0.25) is 5.02 Å². The molecule has 2 aromatic heterocycles. The van der Waals surface area contributed by atoms with Gasteiger partial charge in [-0.25, -0.2) is 4.98 Å². The third-order valence-electron chi connectivity index (χ3n) is 6.13. The van der Waals surface area contributed by atoms with Crippen LogP contribution in [0, 0.1) is 0 Å². The smallest absolute Gasteiger partial charge is 0.296 e. The number of hydrogen-bond acceptors (Lipinski definition) is 7. The van der Waals surface area contributed by atoms with Gasteiger partial charge < -0.3 is 14.3 Å². The number of aromatic nitrogens is 1. The van der Waals surface area contributed by atoms with Crippen LogP contribution in [0.25, 0.3) is 21.2 Å². The number of Topliss-reactive ketones (excluding diaryl/α,β-unsaturated/α-hetero) is 1. The molecule has 0 unspecified atom stereocenters. The van der Waals surface area contributed by atoms with Crippen LogP contribution in [0.15, 0.2) is 88.5 Å². The first kappa shape index (κ1) is 23.3. The number of fused-ring (bicyclic) bond motifs is 2. The molecule has 3 heterocycles. The first-order chi connectivity index (χ1) is 17.9. The number of benzene rings is 3. The highest BCUT2D eigenvalue weighted by Crippen LogP contribution is 2.45. The van der Waals surface area contributed by atoms with E-state index in [-0.39, 0.29) is 11.3 Å². The van der Waals surface area contributed by atoms with E-state index < -0.39 is 23.5 Å². The molecule has 6 rings (SSSR count). The topological polar surface area (TPSA) is 92.9 Å². The number of nitrogens with zero attached hydrogens (tertiary/aromatic N) is 2. The number of rotatable bonds is 6. The maximum Gasteiger partial charge on any atom is 0.296 e. The monoisotopic (exact) mass is 530 g/mol. The van der Waals surface area contributed by atoms with Crippen molar-refractivity contribution in [2.45, 2.75) is 13.0 Å². The largest absolute Gasteiger partial charge is 0.503 e. The lowest BCUT2D eigenvalue weighted by Gasteiger charge is -2.24. The molecule has 0 radical (unpaired) electrons. The van der Waals surface area contributed by atoms with Crippen LogP contribution >= 0.6 is 22.9 Å². The van der Waals surface area contributed by atoms with Crippen molar-refractivity contribution in [3.63, 3.8) is 0 Å². The molecule has 37 heavy (non-hydrogen) atoms. The van der Waals surface area contributed by atoms with Crippen molar-refractivity contribution in [3.8, 4) is 5.75 Å². The van der Waals surface area contributed by atoms with Crippen LogP contribution in [0.3, 0.4) is 0 Å². The van der Waals surface area contributed by atoms with Crippen molar-refractivity contribution in [3.05, 3.63) is 100 Å². The van der Waals surface area contributed by atoms with Crippen LogP contribution < -0.4 is 9.64 Å². The van der Waals surface area contributed by atoms with Crippen LogP contribution in [0.1, 0.15) is 29.1 Å². The Morgan fingerprint density at radius 1 is 1.14 bits per heavy atom. The summed E-state index contributed by atoms with van der Waals surface area (Å²) >= 11 is 7.55. The van der Waals surface area contributed by atoms with Gasteiger partial charge >= 0.3 is 0 Å². The third-order valence-corrected chi connectivity index (χ3v) is 7.38. The second-order valence-electron chi connectivity index (χ2n) is 8.43. The highest BCUT2D eigenvalue weighted by atomic mass is 35.5. The van der Waals surface area contributed by atoms with E-state index in [2.05, 4.69) is 4.98 Å². The number of thiazole rings is 1. The molecule has 1 N–H and O–H groups in total. The minimum atomic E-state index is -0.959. The summed E-state index contributed by atoms with van der Waals surface area (Å²) in [6, 6.07) is 20.2. The predicted molar refractivity (Wildman–Crippen MR) is 143 cm³/mol. The fourth-order valence-electron chi connectivity index (χ4n) is 4.51. The quantitative estimate of drug-likeness (QED) is 0.241. The summed E-state index contributed by atoms with van der Waals surface area (Å²) in [7, 11) is 0. The number of aliphatic hydroxyl groups is 1. The number of furan rings is 1. The standard InChI is InChI=1S/C28H19ClN2O5S/c1-2-35-18-10-11-19-22(14-18)37-28(30-19)31-24(16-7-5-8-17(29)12-16)23(26(33)27(31)34)25(32)21-13-15-6-3-4-9-20(15)36-21/h3-14,24,33H,2H2,1H3/t24-/m0/s1. The van der Waals surface area contributed by atoms with Gasteiger partial charge in [-0.2, -0.15) is 0 Å². The molecule has 1 aliphatic heterocycles. The van der Waals surface area contributed by atoms with Crippen molar-refractivity contribution in [1.29, 1.82) is 0 Å². The van der Waals surface area contributed by atoms with Gasteiger partial charge in [0.15, 0.2) is 16.7 Å². The molecule has 184 valence electrons. The fourth-order valence-corrected chi connectivity index (χ4v) is 5.72. The van der Waals surface area contributed by atoms with Crippen LogP contribution in [-0.4, -0.2) is 28.4 Å². The Balaban J connectivity index is 1.49. The van der Waals surface area contributed by atoms with Gasteiger partial charge in [-0.15, -0.1) is 0 Å². The molecule has 1 aliphatic rings. The average molecular weight is 531 g/mol. The average Bonchev–Trinajstić information content (AvgIpc) is 3.58. The molecule has 0 aliphatic carbocycles. The lowest BCUT2D eigenvalue weighted by Crippen LogP contribution is -2.30. The summed E-state index contributed by atoms with van der Waals surface area (Å²) in [5, 5.41) is 12.5. The molecule has 1 amide bonds. The van der Waals surface area contributed by atoms with Crippen molar-refractivity contribution in [1.82, 2.24) is 4.98 Å². The number of anilines is 1. The van der Waals surface area contributed by atoms with E-state index in [0.29, 0.717) is 39.2 Å². The number of aliphatic hydroxyl groups excluding tert-OH is 1. The molecule has 0 fully saturated rings. The molecule has 5 aromatic rings. The van der Waals surface area contributed by atoms with Crippen molar-refractivity contribution in [2.75, 3.05) is 11.5 Å². The molecule has 0 bridgehead atoms. The van der Waals surface area contributed by atoms with E-state index >= 15 is 0 Å². The Morgan fingerprint density at radius 3 is 2.76 bits per heavy atom. The number of amides is 1. The summed E-state index contributed by atoms with van der Waals surface area (Å²) in [5.74, 6) is -1.26. The van der Waals surface area contributed by atoms with E-state index in [1.54, 1.807) is 42.5 Å². The maximum absolute atomic E-state index is 13.7. The molecular weight excluding hydrogens is 512 g/mol. The van der Waals surface area contributed by atoms with E-state index in [9.17, 15) is 14.7 Å². The number of ketones is 1. The second kappa shape index (κ2) is 9.06. The van der Waals surface area contributed by atoms with Crippen LogP contribution in [-0.2, 0) is 4.79 Å². The molecule has 3 aromatic carbocycles. The van der Waals surface area contributed by atoms with Crippen molar-refractivity contribution >= 4 is 60.9 Å². The Bertz CT molecular complexity index is 1700. The predicted octanol–water partition coefficient (Wildman–Crippen LogP) is 6.88. The van der Waals surface area contributed by atoms with Gasteiger partial charge in [-0.05, 0) is 55.0 Å². The van der Waals surface area contributed by atoms with Gasteiger partial charge in [0.2, 0.25) is 5.78 Å². The SMILES string of the molecule is CCOc1ccc2nc(N3C(=O)C(O)=C(C(=O)c4cc5ccccc5o4)[C@@H]3c3cccc(Cl)c3)sc2c1. The van der Waals surface area contributed by atoms with E-state index in [4.69, 9.17) is 20.8 Å². The maximum atomic E-state index is 13.7. The first-order valence-electron chi connectivity index (χ1n) is 11.5. The van der Waals surface area contributed by atoms with Gasteiger partial charge in [0.1, 0.15) is 11.3 Å². The normalized spacial score (nSPS) is 15.8. The van der Waals surface area contributed by atoms with Crippen LogP contribution in [0.4, 0.5) is 5.13 Å². The zero-order valence-corrected chi connectivity index (χ0v) is 21.0. The molecule has 7 nitrogen and oxygen atoms in total. The van der Waals surface area contributed by atoms with Gasteiger partial charge in [-0.1, -0.05) is 53.3 Å². The van der Waals surface area contributed by atoms with Crippen molar-refractivity contribution < 1.29 is 23.8 Å². The van der Waals surface area contributed by atoms with Crippen molar-refractivity contribution in [2.24, 2.45) is 0 Å². The summed E-state index contributed by atoms with van der Waals surface area (Å²) in [6.45, 7) is 2.42. The number of carbonyl (C=O) groups excluding carboxylic acids is 2. The summed E-state index contributed by atoms with van der Waals surface area (Å²) in [4.78, 5) is 33.2. The first-order valence-corrected chi connectivity index (χ1v) is 12.7. The lowest BCUT2D eigenvalue weighted by atomic mass is 9.95. The minimum Gasteiger partial charge on any atom is -0.503 e. The third kappa shape index (κ3) is 3.94. The lowest BCUT2D eigenvalue weighted by molar-refractivity contribution is -0.117. The van der Waals surface area contributed by atoms with Gasteiger partial charge in [0, 0.05) is 10.4 Å². The molecule has 0 saturated heterocycles. The van der Waals surface area contributed by atoms with E-state index in [1.807, 2.05) is 37.3 Å². The van der Waals surface area contributed by atoms with Gasteiger partial charge in [0.05, 0.1) is 28.4 Å². The number of para-hydroxylation sites is 1. The Labute approximate surface area is 220 Å².